The lowest BCUT2D eigenvalue weighted by atomic mass is 10.2. The topological polar surface area (TPSA) is 27.7 Å². The largest absolute Gasteiger partial charge is 0.497 e. The second kappa shape index (κ2) is 8.13. The predicted octanol–water partition coefficient (Wildman–Crippen LogP) is 4.52. The molecule has 1 aliphatic rings. The number of nitrogens with zero attached hydrogens (tertiary/aromatic N) is 2. The van der Waals surface area contributed by atoms with Gasteiger partial charge in [-0.3, -0.25) is 0 Å². The second-order valence-corrected chi connectivity index (χ2v) is 6.94. The van der Waals surface area contributed by atoms with E-state index >= 15 is 0 Å². The number of ether oxygens (including phenoxy) is 1. The zero-order valence-corrected chi connectivity index (χ0v) is 16.2. The molecule has 3 rings (SSSR count). The van der Waals surface area contributed by atoms with Gasteiger partial charge in [-0.2, -0.15) is 0 Å². The molecule has 4 nitrogen and oxygen atoms in total. The number of halogens is 2. The smallest absolute Gasteiger partial charge is 0.173 e. The van der Waals surface area contributed by atoms with Gasteiger partial charge in [-0.1, -0.05) is 29.3 Å². The average molecular weight is 396 g/mol. The zero-order chi connectivity index (χ0) is 17.8. The molecule has 7 heteroatoms. The summed E-state index contributed by atoms with van der Waals surface area (Å²) in [5.41, 5.74) is 2.01. The summed E-state index contributed by atoms with van der Waals surface area (Å²) in [5, 5.41) is 4.97. The normalized spacial score (nSPS) is 14.4. The van der Waals surface area contributed by atoms with Crippen molar-refractivity contribution >= 4 is 51.9 Å². The summed E-state index contributed by atoms with van der Waals surface area (Å²) in [6.07, 6.45) is 0. The average Bonchev–Trinajstić information content (AvgIpc) is 2.65. The van der Waals surface area contributed by atoms with Crippen LogP contribution in [-0.4, -0.2) is 43.3 Å². The molecule has 2 aromatic rings. The van der Waals surface area contributed by atoms with Crippen molar-refractivity contribution in [2.24, 2.45) is 0 Å². The van der Waals surface area contributed by atoms with E-state index in [1.54, 1.807) is 19.2 Å². The van der Waals surface area contributed by atoms with Crippen LogP contribution in [0.2, 0.25) is 10.0 Å². The minimum Gasteiger partial charge on any atom is -0.497 e. The van der Waals surface area contributed by atoms with Crippen molar-refractivity contribution in [1.82, 2.24) is 4.90 Å². The number of methoxy groups -OCH3 is 1. The summed E-state index contributed by atoms with van der Waals surface area (Å²) in [7, 11) is 1.68. The van der Waals surface area contributed by atoms with Crippen molar-refractivity contribution in [3.8, 4) is 5.75 Å². The van der Waals surface area contributed by atoms with Gasteiger partial charge in [0.05, 0.1) is 17.2 Å². The third-order valence-corrected chi connectivity index (χ3v) is 5.26. The van der Waals surface area contributed by atoms with E-state index in [1.807, 2.05) is 18.2 Å². The lowest BCUT2D eigenvalue weighted by Crippen LogP contribution is -2.50. The summed E-state index contributed by atoms with van der Waals surface area (Å²) in [4.78, 5) is 4.50. The van der Waals surface area contributed by atoms with Crippen LogP contribution in [0.3, 0.4) is 0 Å². The van der Waals surface area contributed by atoms with Crippen LogP contribution in [0.15, 0.2) is 42.5 Å². The van der Waals surface area contributed by atoms with Crippen LogP contribution in [0.1, 0.15) is 0 Å². The van der Waals surface area contributed by atoms with E-state index in [1.165, 1.54) is 5.69 Å². The summed E-state index contributed by atoms with van der Waals surface area (Å²) >= 11 is 17.5. The molecule has 0 radical (unpaired) electrons. The van der Waals surface area contributed by atoms with Crippen molar-refractivity contribution in [1.29, 1.82) is 0 Å². The number of thiocarbonyl (C=S) groups is 1. The molecule has 0 spiro atoms. The number of nitrogens with one attached hydrogen (secondary N) is 1. The molecular formula is C18H19Cl2N3OS. The van der Waals surface area contributed by atoms with E-state index in [4.69, 9.17) is 40.2 Å². The molecule has 0 aromatic heterocycles. The van der Waals surface area contributed by atoms with Gasteiger partial charge < -0.3 is 19.9 Å². The van der Waals surface area contributed by atoms with Crippen molar-refractivity contribution in [2.75, 3.05) is 43.5 Å². The first-order valence-corrected chi connectivity index (χ1v) is 9.13. The van der Waals surface area contributed by atoms with Gasteiger partial charge in [-0.15, -0.1) is 0 Å². The molecule has 1 heterocycles. The number of hydrogen-bond donors (Lipinski definition) is 1. The molecule has 1 aliphatic heterocycles. The van der Waals surface area contributed by atoms with E-state index in [0.29, 0.717) is 15.2 Å². The van der Waals surface area contributed by atoms with Crippen LogP contribution in [0, 0.1) is 0 Å². The first kappa shape index (κ1) is 18.1. The van der Waals surface area contributed by atoms with Crippen LogP contribution < -0.4 is 15.0 Å². The first-order valence-electron chi connectivity index (χ1n) is 7.97. The molecule has 0 bridgehead atoms. The highest BCUT2D eigenvalue weighted by Crippen LogP contribution is 2.26. The number of anilines is 2. The van der Waals surface area contributed by atoms with Crippen LogP contribution in [0.25, 0.3) is 0 Å². The highest BCUT2D eigenvalue weighted by atomic mass is 35.5. The Morgan fingerprint density at radius 3 is 2.48 bits per heavy atom. The van der Waals surface area contributed by atoms with E-state index in [-0.39, 0.29) is 0 Å². The Morgan fingerprint density at radius 2 is 1.80 bits per heavy atom. The number of rotatable bonds is 3. The number of hydrogen-bond acceptors (Lipinski definition) is 3. The van der Waals surface area contributed by atoms with Gasteiger partial charge in [0.1, 0.15) is 5.75 Å². The standard InChI is InChI=1S/C18H19Cl2N3OS/c1-24-15-4-2-3-14(12-15)22-7-9-23(10-8-22)18(25)21-13-5-6-16(19)17(20)11-13/h2-6,11-12H,7-10H2,1H3,(H,21,25). The van der Waals surface area contributed by atoms with Gasteiger partial charge in [-0.05, 0) is 42.5 Å². The maximum absolute atomic E-state index is 6.05. The molecule has 132 valence electrons. The quantitative estimate of drug-likeness (QED) is 0.771. The molecule has 0 amide bonds. The molecule has 25 heavy (non-hydrogen) atoms. The summed E-state index contributed by atoms with van der Waals surface area (Å²) in [5.74, 6) is 0.872. The van der Waals surface area contributed by atoms with E-state index in [0.717, 1.165) is 37.6 Å². The van der Waals surface area contributed by atoms with Crippen molar-refractivity contribution in [3.63, 3.8) is 0 Å². The Kier molecular flexibility index (Phi) is 5.89. The van der Waals surface area contributed by atoms with Crippen LogP contribution >= 0.6 is 35.4 Å². The summed E-state index contributed by atoms with van der Waals surface area (Å²) in [6.45, 7) is 3.50. The van der Waals surface area contributed by atoms with Gasteiger partial charge in [0.25, 0.3) is 0 Å². The molecule has 0 saturated carbocycles. The molecule has 0 unspecified atom stereocenters. The summed E-state index contributed by atoms with van der Waals surface area (Å²) < 4.78 is 5.30. The molecular weight excluding hydrogens is 377 g/mol. The van der Waals surface area contributed by atoms with Crippen LogP contribution in [-0.2, 0) is 0 Å². The van der Waals surface area contributed by atoms with Crippen molar-refractivity contribution in [3.05, 3.63) is 52.5 Å². The lowest BCUT2D eigenvalue weighted by molar-refractivity contribution is 0.389. The number of benzene rings is 2. The van der Waals surface area contributed by atoms with Gasteiger partial charge in [-0.25, -0.2) is 0 Å². The maximum atomic E-state index is 6.05. The highest BCUT2D eigenvalue weighted by molar-refractivity contribution is 7.80. The Hall–Kier alpha value is -1.69. The lowest BCUT2D eigenvalue weighted by Gasteiger charge is -2.37. The minimum absolute atomic E-state index is 0.511. The fourth-order valence-electron chi connectivity index (χ4n) is 2.75. The highest BCUT2D eigenvalue weighted by Gasteiger charge is 2.19. The zero-order valence-electron chi connectivity index (χ0n) is 13.8. The fourth-order valence-corrected chi connectivity index (χ4v) is 3.35. The fraction of sp³-hybridized carbons (Fsp3) is 0.278. The van der Waals surface area contributed by atoms with Gasteiger partial charge in [0.2, 0.25) is 0 Å². The van der Waals surface area contributed by atoms with E-state index in [2.05, 4.69) is 27.2 Å². The predicted molar refractivity (Wildman–Crippen MR) is 109 cm³/mol. The third kappa shape index (κ3) is 4.48. The van der Waals surface area contributed by atoms with Crippen molar-refractivity contribution < 1.29 is 4.74 Å². The molecule has 1 fully saturated rings. The minimum atomic E-state index is 0.511. The van der Waals surface area contributed by atoms with Gasteiger partial charge in [0, 0.05) is 43.6 Å². The SMILES string of the molecule is COc1cccc(N2CCN(C(=S)Nc3ccc(Cl)c(Cl)c3)CC2)c1. The molecule has 2 aromatic carbocycles. The van der Waals surface area contributed by atoms with Crippen LogP contribution in [0.5, 0.6) is 5.75 Å². The molecule has 1 N–H and O–H groups in total. The Morgan fingerprint density at radius 1 is 1.04 bits per heavy atom. The van der Waals surface area contributed by atoms with E-state index < -0.39 is 0 Å². The third-order valence-electron chi connectivity index (χ3n) is 4.16. The molecule has 0 atom stereocenters. The Balaban J connectivity index is 1.57. The maximum Gasteiger partial charge on any atom is 0.173 e. The Bertz CT molecular complexity index is 764. The van der Waals surface area contributed by atoms with E-state index in [9.17, 15) is 0 Å². The monoisotopic (exact) mass is 395 g/mol. The van der Waals surface area contributed by atoms with Gasteiger partial charge >= 0.3 is 0 Å². The Labute approximate surface area is 163 Å². The summed E-state index contributed by atoms with van der Waals surface area (Å²) in [6, 6.07) is 13.5. The first-order chi connectivity index (χ1) is 12.1. The molecule has 1 saturated heterocycles. The number of piperazine rings is 1. The van der Waals surface area contributed by atoms with Crippen molar-refractivity contribution in [2.45, 2.75) is 0 Å². The van der Waals surface area contributed by atoms with Gasteiger partial charge in [0.15, 0.2) is 5.11 Å². The molecule has 0 aliphatic carbocycles. The second-order valence-electron chi connectivity index (χ2n) is 5.73. The van der Waals surface area contributed by atoms with Crippen LogP contribution in [0.4, 0.5) is 11.4 Å².